The molecule has 0 bridgehead atoms. The van der Waals surface area contributed by atoms with Crippen molar-refractivity contribution in [1.82, 2.24) is 0 Å². The van der Waals surface area contributed by atoms with Crippen LogP contribution < -0.4 is 11.1 Å². The summed E-state index contributed by atoms with van der Waals surface area (Å²) < 4.78 is 12.7. The van der Waals surface area contributed by atoms with Crippen molar-refractivity contribution in [3.05, 3.63) is 29.0 Å². The van der Waals surface area contributed by atoms with Gasteiger partial charge in [0.2, 0.25) is 5.91 Å². The molecule has 0 saturated carbocycles. The molecule has 16 heavy (non-hydrogen) atoms. The van der Waals surface area contributed by atoms with Crippen LogP contribution in [0.2, 0.25) is 5.02 Å². The first kappa shape index (κ1) is 12.9. The van der Waals surface area contributed by atoms with Crippen molar-refractivity contribution in [3.63, 3.8) is 0 Å². The molecule has 1 amide bonds. The quantitative estimate of drug-likeness (QED) is 0.855. The number of amides is 1. The Hall–Kier alpha value is -1.13. The number of halogens is 2. The Bertz CT molecular complexity index is 382. The summed E-state index contributed by atoms with van der Waals surface area (Å²) in [6, 6.07) is 3.81. The highest BCUT2D eigenvalue weighted by atomic mass is 35.5. The third-order valence-electron chi connectivity index (χ3n) is 2.03. The maximum Gasteiger partial charge on any atom is 0.224 e. The standard InChI is InChI=1S/C11H14ClFN2O/c1-7(14)2-5-11(16)15-10-4-3-8(13)6-9(10)12/h3-4,6-7H,2,5,14H2,1H3,(H,15,16). The second-order valence-electron chi connectivity index (χ2n) is 3.69. The number of benzene rings is 1. The molecule has 5 heteroatoms. The summed E-state index contributed by atoms with van der Waals surface area (Å²) in [5.74, 6) is -0.607. The molecule has 0 spiro atoms. The van der Waals surface area contributed by atoms with Crippen LogP contribution in [0.25, 0.3) is 0 Å². The second kappa shape index (κ2) is 5.82. The average molecular weight is 245 g/mol. The molecule has 0 aliphatic rings. The first-order valence-corrected chi connectivity index (χ1v) is 5.37. The molecular weight excluding hydrogens is 231 g/mol. The Morgan fingerprint density at radius 2 is 2.31 bits per heavy atom. The Labute approximate surface area is 98.8 Å². The lowest BCUT2D eigenvalue weighted by atomic mass is 10.2. The number of hydrogen-bond acceptors (Lipinski definition) is 2. The topological polar surface area (TPSA) is 55.1 Å². The third-order valence-corrected chi connectivity index (χ3v) is 2.34. The van der Waals surface area contributed by atoms with Gasteiger partial charge in [0.05, 0.1) is 10.7 Å². The van der Waals surface area contributed by atoms with Gasteiger partial charge in [0.1, 0.15) is 5.82 Å². The second-order valence-corrected chi connectivity index (χ2v) is 4.10. The normalized spacial score (nSPS) is 12.2. The van der Waals surface area contributed by atoms with Crippen molar-refractivity contribution in [2.24, 2.45) is 5.73 Å². The van der Waals surface area contributed by atoms with Gasteiger partial charge in [-0.2, -0.15) is 0 Å². The Balaban J connectivity index is 2.56. The molecule has 3 N–H and O–H groups in total. The zero-order valence-electron chi connectivity index (χ0n) is 8.97. The highest BCUT2D eigenvalue weighted by Crippen LogP contribution is 2.22. The van der Waals surface area contributed by atoms with Crippen molar-refractivity contribution in [2.45, 2.75) is 25.8 Å². The van der Waals surface area contributed by atoms with Crippen molar-refractivity contribution < 1.29 is 9.18 Å². The van der Waals surface area contributed by atoms with Gasteiger partial charge in [-0.1, -0.05) is 11.6 Å². The molecule has 0 aromatic heterocycles. The van der Waals surface area contributed by atoms with Gasteiger partial charge in [-0.15, -0.1) is 0 Å². The lowest BCUT2D eigenvalue weighted by Crippen LogP contribution is -2.19. The maximum atomic E-state index is 12.7. The molecule has 1 aromatic rings. The van der Waals surface area contributed by atoms with E-state index in [2.05, 4.69) is 5.32 Å². The summed E-state index contributed by atoms with van der Waals surface area (Å²) in [4.78, 5) is 11.4. The van der Waals surface area contributed by atoms with Gasteiger partial charge in [-0.25, -0.2) is 4.39 Å². The van der Waals surface area contributed by atoms with Gasteiger partial charge >= 0.3 is 0 Å². The van der Waals surface area contributed by atoms with E-state index in [4.69, 9.17) is 17.3 Å². The predicted octanol–water partition coefficient (Wildman–Crippen LogP) is 2.55. The van der Waals surface area contributed by atoms with Crippen molar-refractivity contribution in [3.8, 4) is 0 Å². The van der Waals surface area contributed by atoms with Crippen LogP contribution in [-0.4, -0.2) is 11.9 Å². The Kier molecular flexibility index (Phi) is 4.71. The van der Waals surface area contributed by atoms with Gasteiger partial charge in [0.15, 0.2) is 0 Å². The molecule has 1 atom stereocenters. The molecule has 1 unspecified atom stereocenters. The minimum Gasteiger partial charge on any atom is -0.328 e. The highest BCUT2D eigenvalue weighted by Gasteiger charge is 2.07. The summed E-state index contributed by atoms with van der Waals surface area (Å²) in [5.41, 5.74) is 5.94. The fourth-order valence-corrected chi connectivity index (χ4v) is 1.38. The molecule has 0 aliphatic carbocycles. The van der Waals surface area contributed by atoms with Crippen LogP contribution in [0.1, 0.15) is 19.8 Å². The predicted molar refractivity (Wildman–Crippen MR) is 62.9 cm³/mol. The summed E-state index contributed by atoms with van der Waals surface area (Å²) >= 11 is 5.76. The first-order chi connectivity index (χ1) is 7.49. The van der Waals surface area contributed by atoms with E-state index in [1.54, 1.807) is 0 Å². The first-order valence-electron chi connectivity index (χ1n) is 4.99. The molecule has 0 heterocycles. The number of rotatable bonds is 4. The number of carbonyl (C=O) groups is 1. The number of carbonyl (C=O) groups excluding carboxylic acids is 1. The fourth-order valence-electron chi connectivity index (χ4n) is 1.16. The van der Waals surface area contributed by atoms with Crippen LogP contribution in [-0.2, 0) is 4.79 Å². The molecular formula is C11H14ClFN2O. The number of anilines is 1. The minimum absolute atomic E-state index is 0.0190. The molecule has 1 aromatic carbocycles. The summed E-state index contributed by atoms with van der Waals surface area (Å²) in [6.07, 6.45) is 0.927. The largest absolute Gasteiger partial charge is 0.328 e. The molecule has 88 valence electrons. The highest BCUT2D eigenvalue weighted by molar-refractivity contribution is 6.33. The van der Waals surface area contributed by atoms with Gasteiger partial charge in [-0.05, 0) is 31.5 Å². The Morgan fingerprint density at radius 3 is 2.88 bits per heavy atom. The van der Waals surface area contributed by atoms with Crippen LogP contribution in [0.15, 0.2) is 18.2 Å². The molecule has 0 fully saturated rings. The lowest BCUT2D eigenvalue weighted by Gasteiger charge is -2.08. The van der Waals surface area contributed by atoms with Crippen molar-refractivity contribution in [1.29, 1.82) is 0 Å². The molecule has 0 radical (unpaired) electrons. The van der Waals surface area contributed by atoms with Crippen molar-refractivity contribution in [2.75, 3.05) is 5.32 Å². The molecule has 3 nitrogen and oxygen atoms in total. The van der Waals surface area contributed by atoms with E-state index in [0.717, 1.165) is 6.07 Å². The van der Waals surface area contributed by atoms with Gasteiger partial charge in [0, 0.05) is 12.5 Å². The zero-order chi connectivity index (χ0) is 12.1. The summed E-state index contributed by atoms with van der Waals surface area (Å²) in [5, 5.41) is 2.79. The third kappa shape index (κ3) is 4.16. The molecule has 1 rings (SSSR count). The van der Waals surface area contributed by atoms with Crippen LogP contribution in [0.5, 0.6) is 0 Å². The monoisotopic (exact) mass is 244 g/mol. The van der Waals surface area contributed by atoms with Crippen LogP contribution in [0.4, 0.5) is 10.1 Å². The van der Waals surface area contributed by atoms with E-state index >= 15 is 0 Å². The van der Waals surface area contributed by atoms with Gasteiger partial charge < -0.3 is 11.1 Å². The maximum absolute atomic E-state index is 12.7. The number of nitrogens with two attached hydrogens (primary N) is 1. The van der Waals surface area contributed by atoms with E-state index in [1.807, 2.05) is 6.92 Å². The van der Waals surface area contributed by atoms with Crippen LogP contribution in [0.3, 0.4) is 0 Å². The van der Waals surface area contributed by atoms with E-state index < -0.39 is 5.82 Å². The fraction of sp³-hybridized carbons (Fsp3) is 0.364. The average Bonchev–Trinajstić information content (AvgIpc) is 2.19. The zero-order valence-corrected chi connectivity index (χ0v) is 9.72. The van der Waals surface area contributed by atoms with E-state index in [1.165, 1.54) is 12.1 Å². The van der Waals surface area contributed by atoms with E-state index in [-0.39, 0.29) is 17.0 Å². The van der Waals surface area contributed by atoms with Gasteiger partial charge in [-0.3, -0.25) is 4.79 Å². The number of hydrogen-bond donors (Lipinski definition) is 2. The van der Waals surface area contributed by atoms with E-state index in [9.17, 15) is 9.18 Å². The smallest absolute Gasteiger partial charge is 0.224 e. The minimum atomic E-state index is -0.432. The van der Waals surface area contributed by atoms with Crippen molar-refractivity contribution >= 4 is 23.2 Å². The lowest BCUT2D eigenvalue weighted by molar-refractivity contribution is -0.116. The number of nitrogens with one attached hydrogen (secondary N) is 1. The molecule has 0 aliphatic heterocycles. The van der Waals surface area contributed by atoms with Crippen LogP contribution in [0, 0.1) is 5.82 Å². The Morgan fingerprint density at radius 1 is 1.62 bits per heavy atom. The van der Waals surface area contributed by atoms with Crippen LogP contribution >= 0.6 is 11.6 Å². The van der Waals surface area contributed by atoms with E-state index in [0.29, 0.717) is 18.5 Å². The van der Waals surface area contributed by atoms with Gasteiger partial charge in [0.25, 0.3) is 0 Å². The summed E-state index contributed by atoms with van der Waals surface area (Å²) in [7, 11) is 0. The summed E-state index contributed by atoms with van der Waals surface area (Å²) in [6.45, 7) is 1.83. The molecule has 0 saturated heterocycles. The SMILES string of the molecule is CC(N)CCC(=O)Nc1ccc(F)cc1Cl.